The van der Waals surface area contributed by atoms with Crippen molar-refractivity contribution in [3.05, 3.63) is 23.8 Å². The van der Waals surface area contributed by atoms with Crippen LogP contribution >= 0.6 is 0 Å². The standard InChI is InChI=1S/C14H22N6O4/c1-2-3-4-12(21)24-8-9-5-10(19(17)13(15)22)7-11(6-9)20(18)14(16)23/h5-7H,2-4,8,17-18H2,1H3,(H2,15,22)(H2,16,23). The van der Waals surface area contributed by atoms with Gasteiger partial charge in [-0.2, -0.15) is 0 Å². The predicted molar refractivity (Wildman–Crippen MR) is 88.3 cm³/mol. The molecule has 8 N–H and O–H groups in total. The van der Waals surface area contributed by atoms with Gasteiger partial charge >= 0.3 is 18.0 Å². The van der Waals surface area contributed by atoms with Crippen molar-refractivity contribution in [3.63, 3.8) is 0 Å². The summed E-state index contributed by atoms with van der Waals surface area (Å²) in [5, 5.41) is 1.33. The second kappa shape index (κ2) is 8.70. The number of nitrogens with zero attached hydrogens (tertiary/aromatic N) is 2. The number of nitrogens with two attached hydrogens (primary N) is 4. The van der Waals surface area contributed by atoms with Gasteiger partial charge in [0.1, 0.15) is 6.61 Å². The zero-order valence-electron chi connectivity index (χ0n) is 13.4. The Morgan fingerprint density at radius 3 is 1.92 bits per heavy atom. The Labute approximate surface area is 139 Å². The van der Waals surface area contributed by atoms with Crippen LogP contribution in [0, 0.1) is 0 Å². The van der Waals surface area contributed by atoms with Crippen molar-refractivity contribution >= 4 is 29.4 Å². The monoisotopic (exact) mass is 338 g/mol. The highest BCUT2D eigenvalue weighted by atomic mass is 16.5. The number of rotatable bonds is 7. The molecular formula is C14H22N6O4. The van der Waals surface area contributed by atoms with Crippen LogP contribution in [0.15, 0.2) is 18.2 Å². The van der Waals surface area contributed by atoms with Crippen LogP contribution in [0.25, 0.3) is 0 Å². The zero-order valence-corrected chi connectivity index (χ0v) is 13.4. The largest absolute Gasteiger partial charge is 0.461 e. The molecule has 1 aromatic carbocycles. The van der Waals surface area contributed by atoms with E-state index in [1.165, 1.54) is 18.2 Å². The minimum atomic E-state index is -0.916. The number of benzene rings is 1. The molecule has 0 unspecified atom stereocenters. The molecule has 0 saturated carbocycles. The first-order valence-electron chi connectivity index (χ1n) is 7.24. The number of carbonyl (C=O) groups excluding carboxylic acids is 3. The van der Waals surface area contributed by atoms with Crippen LogP contribution in [0.5, 0.6) is 0 Å². The molecule has 0 aromatic heterocycles. The lowest BCUT2D eigenvalue weighted by atomic mass is 10.1. The van der Waals surface area contributed by atoms with Crippen molar-refractivity contribution in [2.45, 2.75) is 32.8 Å². The molecule has 0 bridgehead atoms. The highest BCUT2D eigenvalue weighted by Gasteiger charge is 2.15. The van der Waals surface area contributed by atoms with Gasteiger partial charge in [0.25, 0.3) is 0 Å². The number of hydrogen-bond donors (Lipinski definition) is 4. The number of primary amides is 2. The van der Waals surface area contributed by atoms with Crippen molar-refractivity contribution in [2.75, 3.05) is 10.0 Å². The summed E-state index contributed by atoms with van der Waals surface area (Å²) in [5.74, 6) is 10.7. The number of esters is 1. The van der Waals surface area contributed by atoms with Crippen LogP contribution in [0.1, 0.15) is 31.7 Å². The summed E-state index contributed by atoms with van der Waals surface area (Å²) >= 11 is 0. The Morgan fingerprint density at radius 2 is 1.50 bits per heavy atom. The third kappa shape index (κ3) is 5.41. The fourth-order valence-electron chi connectivity index (χ4n) is 1.83. The lowest BCUT2D eigenvalue weighted by Gasteiger charge is -2.20. The summed E-state index contributed by atoms with van der Waals surface area (Å²) in [7, 11) is 0. The molecule has 24 heavy (non-hydrogen) atoms. The summed E-state index contributed by atoms with van der Waals surface area (Å²) in [5.41, 5.74) is 11.0. The van der Waals surface area contributed by atoms with Crippen LogP contribution in [0.3, 0.4) is 0 Å². The first kappa shape index (κ1) is 19.2. The lowest BCUT2D eigenvalue weighted by molar-refractivity contribution is -0.145. The molecule has 0 aliphatic rings. The van der Waals surface area contributed by atoms with Crippen molar-refractivity contribution in [2.24, 2.45) is 23.2 Å². The van der Waals surface area contributed by atoms with Gasteiger partial charge in [0.15, 0.2) is 0 Å². The molecule has 0 saturated heterocycles. The Kier molecular flexibility index (Phi) is 6.96. The van der Waals surface area contributed by atoms with Gasteiger partial charge in [0, 0.05) is 6.42 Å². The molecule has 0 aliphatic heterocycles. The maximum Gasteiger partial charge on any atom is 0.333 e. The topological polar surface area (TPSA) is 171 Å². The Bertz CT molecular complexity index is 583. The Hall–Kier alpha value is -2.85. The van der Waals surface area contributed by atoms with Crippen LogP contribution in [-0.2, 0) is 16.1 Å². The van der Waals surface area contributed by atoms with E-state index in [1.807, 2.05) is 6.92 Å². The average Bonchev–Trinajstić information content (AvgIpc) is 2.56. The van der Waals surface area contributed by atoms with Gasteiger partial charge in [0.2, 0.25) is 0 Å². The van der Waals surface area contributed by atoms with E-state index in [0.717, 1.165) is 12.8 Å². The van der Waals surface area contributed by atoms with Gasteiger partial charge in [-0.05, 0) is 30.2 Å². The molecule has 1 rings (SSSR count). The van der Waals surface area contributed by atoms with Gasteiger partial charge in [-0.3, -0.25) is 4.79 Å². The van der Waals surface area contributed by atoms with Crippen molar-refractivity contribution in [1.29, 1.82) is 0 Å². The SMILES string of the molecule is CCCCC(=O)OCc1cc(N(N)C(N)=O)cc(N(N)C(N)=O)c1. The van der Waals surface area contributed by atoms with E-state index in [-0.39, 0.29) is 24.0 Å². The van der Waals surface area contributed by atoms with Gasteiger partial charge in [-0.1, -0.05) is 13.3 Å². The molecule has 10 nitrogen and oxygen atoms in total. The minimum Gasteiger partial charge on any atom is -0.461 e. The van der Waals surface area contributed by atoms with Crippen LogP contribution in [0.4, 0.5) is 21.0 Å². The Balaban J connectivity index is 3.03. The molecule has 132 valence electrons. The maximum absolute atomic E-state index is 11.6. The van der Waals surface area contributed by atoms with E-state index in [2.05, 4.69) is 0 Å². The molecular weight excluding hydrogens is 316 g/mol. The van der Waals surface area contributed by atoms with E-state index in [1.54, 1.807) is 0 Å². The number of ether oxygens (including phenoxy) is 1. The van der Waals surface area contributed by atoms with E-state index >= 15 is 0 Å². The first-order valence-corrected chi connectivity index (χ1v) is 7.24. The third-order valence-electron chi connectivity index (χ3n) is 3.13. The second-order valence-corrected chi connectivity index (χ2v) is 5.04. The number of unbranched alkanes of at least 4 members (excludes halogenated alkanes) is 1. The normalized spacial score (nSPS) is 10.1. The number of urea groups is 2. The Morgan fingerprint density at radius 1 is 1.00 bits per heavy atom. The number of hydrogen-bond acceptors (Lipinski definition) is 6. The van der Waals surface area contributed by atoms with E-state index < -0.39 is 12.1 Å². The summed E-state index contributed by atoms with van der Waals surface area (Å²) in [6, 6.07) is 2.48. The van der Waals surface area contributed by atoms with Gasteiger partial charge in [-0.25, -0.2) is 31.3 Å². The molecule has 1 aromatic rings. The average molecular weight is 338 g/mol. The van der Waals surface area contributed by atoms with Crippen LogP contribution < -0.4 is 33.2 Å². The van der Waals surface area contributed by atoms with Crippen LogP contribution in [-0.4, -0.2) is 18.0 Å². The van der Waals surface area contributed by atoms with Gasteiger partial charge in [0.05, 0.1) is 11.4 Å². The lowest BCUT2D eigenvalue weighted by Crippen LogP contribution is -2.43. The smallest absolute Gasteiger partial charge is 0.333 e. The van der Waals surface area contributed by atoms with Gasteiger partial charge < -0.3 is 16.2 Å². The molecule has 0 fully saturated rings. The fraction of sp³-hybridized carbons (Fsp3) is 0.357. The van der Waals surface area contributed by atoms with Crippen molar-refractivity contribution in [1.82, 2.24) is 0 Å². The molecule has 10 heteroatoms. The number of hydrazine groups is 2. The fourth-order valence-corrected chi connectivity index (χ4v) is 1.83. The number of anilines is 2. The molecule has 0 heterocycles. The van der Waals surface area contributed by atoms with E-state index in [0.29, 0.717) is 22.0 Å². The first-order chi connectivity index (χ1) is 11.3. The molecule has 0 aliphatic carbocycles. The molecule has 0 atom stereocenters. The van der Waals surface area contributed by atoms with E-state index in [9.17, 15) is 14.4 Å². The highest BCUT2D eigenvalue weighted by Crippen LogP contribution is 2.23. The second-order valence-electron chi connectivity index (χ2n) is 5.04. The summed E-state index contributed by atoms with van der Waals surface area (Å²) in [6.45, 7) is 1.88. The summed E-state index contributed by atoms with van der Waals surface area (Å²) < 4.78 is 5.13. The third-order valence-corrected chi connectivity index (χ3v) is 3.13. The highest BCUT2D eigenvalue weighted by molar-refractivity contribution is 5.93. The van der Waals surface area contributed by atoms with Crippen LogP contribution in [0.2, 0.25) is 0 Å². The zero-order chi connectivity index (χ0) is 18.3. The summed E-state index contributed by atoms with van der Waals surface area (Å²) in [4.78, 5) is 34.0. The van der Waals surface area contributed by atoms with E-state index in [4.69, 9.17) is 27.9 Å². The molecule has 4 amide bonds. The minimum absolute atomic E-state index is 0.0808. The molecule has 0 radical (unpaired) electrons. The number of amides is 4. The quantitative estimate of drug-likeness (QED) is 0.243. The van der Waals surface area contributed by atoms with Gasteiger partial charge in [-0.15, -0.1) is 0 Å². The van der Waals surface area contributed by atoms with Crippen molar-refractivity contribution < 1.29 is 19.1 Å². The predicted octanol–water partition coefficient (Wildman–Crippen LogP) is 0.438. The van der Waals surface area contributed by atoms with Crippen molar-refractivity contribution in [3.8, 4) is 0 Å². The maximum atomic E-state index is 11.6. The summed E-state index contributed by atoms with van der Waals surface area (Å²) in [6.07, 6.45) is 1.90. The number of carbonyl (C=O) groups is 3. The molecule has 0 spiro atoms.